The van der Waals surface area contributed by atoms with E-state index in [0.717, 1.165) is 39.1 Å². The molecule has 3 heterocycles. The third-order valence-electron chi connectivity index (χ3n) is 3.59. The molecule has 1 fully saturated rings. The minimum Gasteiger partial charge on any atom is -0.354 e. The van der Waals surface area contributed by atoms with E-state index in [1.165, 1.54) is 16.9 Å². The predicted molar refractivity (Wildman–Crippen MR) is 70.1 cm³/mol. The largest absolute Gasteiger partial charge is 0.354 e. The average molecular weight is 230 g/mol. The van der Waals surface area contributed by atoms with Crippen molar-refractivity contribution < 1.29 is 0 Å². The van der Waals surface area contributed by atoms with E-state index in [-0.39, 0.29) is 0 Å². The summed E-state index contributed by atoms with van der Waals surface area (Å²) in [6.45, 7) is 5.31. The van der Waals surface area contributed by atoms with Crippen LogP contribution in [0.3, 0.4) is 0 Å². The summed E-state index contributed by atoms with van der Waals surface area (Å²) < 4.78 is 0. The fourth-order valence-corrected chi connectivity index (χ4v) is 2.50. The summed E-state index contributed by atoms with van der Waals surface area (Å²) in [4.78, 5) is 13.7. The van der Waals surface area contributed by atoms with Crippen molar-refractivity contribution >= 4 is 12.0 Å². The summed E-state index contributed by atoms with van der Waals surface area (Å²) in [5.41, 5.74) is 2.63. The molecule has 90 valence electrons. The molecule has 0 bridgehead atoms. The molecule has 0 radical (unpaired) electrons. The Morgan fingerprint density at radius 3 is 2.82 bits per heavy atom. The lowest BCUT2D eigenvalue weighted by molar-refractivity contribution is 0.312. The molecule has 17 heavy (non-hydrogen) atoms. The fraction of sp³-hybridized carbons (Fsp3) is 0.538. The van der Waals surface area contributed by atoms with Crippen molar-refractivity contribution in [3.63, 3.8) is 0 Å². The van der Waals surface area contributed by atoms with Gasteiger partial charge in [0.25, 0.3) is 0 Å². The summed E-state index contributed by atoms with van der Waals surface area (Å²) in [5.74, 6) is 1.18. The molecule has 0 unspecified atom stereocenters. The highest BCUT2D eigenvalue weighted by Gasteiger charge is 2.20. The summed E-state index contributed by atoms with van der Waals surface area (Å²) >= 11 is 0. The van der Waals surface area contributed by atoms with Crippen LogP contribution in [0, 0.1) is 0 Å². The highest BCUT2D eigenvalue weighted by Crippen LogP contribution is 2.24. The van der Waals surface area contributed by atoms with Crippen LogP contribution in [-0.2, 0) is 6.42 Å². The molecular formula is C13H18N4. The zero-order valence-corrected chi connectivity index (χ0v) is 10.3. The number of hydrogen-bond donors (Lipinski definition) is 0. The summed E-state index contributed by atoms with van der Waals surface area (Å²) in [6, 6.07) is 2.07. The number of rotatable bonds is 1. The molecule has 0 atom stereocenters. The van der Waals surface area contributed by atoms with Crippen LogP contribution >= 0.6 is 0 Å². The topological polar surface area (TPSA) is 31.7 Å². The highest BCUT2D eigenvalue weighted by atomic mass is 15.3. The number of likely N-dealkylation sites (N-methyl/N-ethyl adjacent to an activating group) is 1. The van der Waals surface area contributed by atoms with E-state index in [0.29, 0.717) is 0 Å². The summed E-state index contributed by atoms with van der Waals surface area (Å²) in [7, 11) is 2.18. The van der Waals surface area contributed by atoms with Gasteiger partial charge in [-0.1, -0.05) is 0 Å². The Bertz CT molecular complexity index is 433. The number of nitrogens with zero attached hydrogens (tertiary/aromatic N) is 4. The van der Waals surface area contributed by atoms with Crippen molar-refractivity contribution in [2.75, 3.05) is 44.7 Å². The van der Waals surface area contributed by atoms with Gasteiger partial charge in [-0.05, 0) is 19.5 Å². The van der Waals surface area contributed by atoms with Gasteiger partial charge in [-0.2, -0.15) is 0 Å². The van der Waals surface area contributed by atoms with Crippen molar-refractivity contribution in [3.8, 4) is 0 Å². The molecule has 2 aliphatic heterocycles. The van der Waals surface area contributed by atoms with Gasteiger partial charge in [0.05, 0.1) is 0 Å². The first kappa shape index (κ1) is 10.7. The van der Waals surface area contributed by atoms with Crippen LogP contribution in [0.5, 0.6) is 0 Å². The number of fused-ring (bicyclic) bond motifs is 1. The number of aliphatic imine (C=N–C) groups is 1. The van der Waals surface area contributed by atoms with Crippen LogP contribution in [-0.4, -0.2) is 55.9 Å². The number of aromatic nitrogens is 1. The van der Waals surface area contributed by atoms with Crippen molar-refractivity contribution in [2.45, 2.75) is 6.42 Å². The molecule has 1 saturated heterocycles. The van der Waals surface area contributed by atoms with E-state index >= 15 is 0 Å². The molecule has 4 heteroatoms. The van der Waals surface area contributed by atoms with Gasteiger partial charge in [-0.25, -0.2) is 4.98 Å². The molecule has 0 N–H and O–H groups in total. The first-order valence-electron chi connectivity index (χ1n) is 6.26. The Balaban J connectivity index is 1.90. The van der Waals surface area contributed by atoms with Gasteiger partial charge in [0.15, 0.2) is 0 Å². The Kier molecular flexibility index (Phi) is 2.81. The summed E-state index contributed by atoms with van der Waals surface area (Å²) in [5, 5.41) is 0. The van der Waals surface area contributed by atoms with E-state index in [9.17, 15) is 0 Å². The van der Waals surface area contributed by atoms with Gasteiger partial charge >= 0.3 is 0 Å². The van der Waals surface area contributed by atoms with E-state index in [2.05, 4.69) is 32.9 Å². The molecule has 0 amide bonds. The third kappa shape index (κ3) is 2.05. The van der Waals surface area contributed by atoms with E-state index in [4.69, 9.17) is 0 Å². The number of pyridine rings is 1. The van der Waals surface area contributed by atoms with Crippen LogP contribution in [0.2, 0.25) is 0 Å². The lowest BCUT2D eigenvalue weighted by Gasteiger charge is -2.34. The molecule has 0 aromatic carbocycles. The van der Waals surface area contributed by atoms with Crippen LogP contribution in [0.1, 0.15) is 11.1 Å². The maximum absolute atomic E-state index is 4.59. The minimum atomic E-state index is 0.902. The van der Waals surface area contributed by atoms with Crippen LogP contribution in [0.25, 0.3) is 0 Å². The average Bonchev–Trinajstić information content (AvgIpc) is 2.39. The molecule has 0 saturated carbocycles. The molecule has 1 aromatic rings. The second-order valence-corrected chi connectivity index (χ2v) is 4.78. The Morgan fingerprint density at radius 1 is 1.18 bits per heavy atom. The van der Waals surface area contributed by atoms with Crippen LogP contribution in [0.4, 0.5) is 5.82 Å². The van der Waals surface area contributed by atoms with Gasteiger partial charge in [0.2, 0.25) is 0 Å². The lowest BCUT2D eigenvalue weighted by Crippen LogP contribution is -2.45. The molecule has 3 rings (SSSR count). The Hall–Kier alpha value is -1.42. The Labute approximate surface area is 102 Å². The minimum absolute atomic E-state index is 0.902. The van der Waals surface area contributed by atoms with Crippen LogP contribution < -0.4 is 4.90 Å². The van der Waals surface area contributed by atoms with Gasteiger partial charge in [-0.3, -0.25) is 4.99 Å². The van der Waals surface area contributed by atoms with E-state index < -0.39 is 0 Å². The zero-order valence-electron chi connectivity index (χ0n) is 10.3. The molecule has 4 nitrogen and oxygen atoms in total. The standard InChI is InChI=1S/C13H18N4/c1-16-6-8-17(9-7-16)13-12-3-4-14-10-11(12)2-5-15-13/h2,5,10H,3-4,6-9H2,1H3. The van der Waals surface area contributed by atoms with Crippen molar-refractivity contribution in [2.24, 2.45) is 4.99 Å². The highest BCUT2D eigenvalue weighted by molar-refractivity contribution is 5.85. The van der Waals surface area contributed by atoms with E-state index in [1.54, 1.807) is 0 Å². The lowest BCUT2D eigenvalue weighted by atomic mass is 10.0. The fourth-order valence-electron chi connectivity index (χ4n) is 2.50. The molecule has 0 spiro atoms. The van der Waals surface area contributed by atoms with Gasteiger partial charge in [0, 0.05) is 56.3 Å². The van der Waals surface area contributed by atoms with Crippen molar-refractivity contribution in [1.82, 2.24) is 9.88 Å². The smallest absolute Gasteiger partial charge is 0.132 e. The number of piperazine rings is 1. The normalized spacial score (nSPS) is 20.4. The molecule has 2 aliphatic rings. The maximum Gasteiger partial charge on any atom is 0.132 e. The second kappa shape index (κ2) is 4.45. The first-order valence-corrected chi connectivity index (χ1v) is 6.26. The SMILES string of the molecule is CN1CCN(c2nccc3c2CCN=C3)CC1. The molecular weight excluding hydrogens is 212 g/mol. The number of anilines is 1. The molecule has 1 aromatic heterocycles. The quantitative estimate of drug-likeness (QED) is 0.715. The van der Waals surface area contributed by atoms with E-state index in [1.807, 2.05) is 12.4 Å². The van der Waals surface area contributed by atoms with Gasteiger partial charge in [0.1, 0.15) is 5.82 Å². The first-order chi connectivity index (χ1) is 8.34. The van der Waals surface area contributed by atoms with Crippen LogP contribution in [0.15, 0.2) is 17.3 Å². The van der Waals surface area contributed by atoms with Gasteiger partial charge < -0.3 is 9.80 Å². The predicted octanol–water partition coefficient (Wildman–Crippen LogP) is 0.808. The second-order valence-electron chi connectivity index (χ2n) is 4.78. The summed E-state index contributed by atoms with van der Waals surface area (Å²) in [6.07, 6.45) is 4.92. The number of hydrogen-bond acceptors (Lipinski definition) is 4. The van der Waals surface area contributed by atoms with Crippen molar-refractivity contribution in [3.05, 3.63) is 23.4 Å². The third-order valence-corrected chi connectivity index (χ3v) is 3.59. The monoisotopic (exact) mass is 230 g/mol. The van der Waals surface area contributed by atoms with Crippen molar-refractivity contribution in [1.29, 1.82) is 0 Å². The van der Waals surface area contributed by atoms with Gasteiger partial charge in [-0.15, -0.1) is 0 Å². The Morgan fingerprint density at radius 2 is 2.00 bits per heavy atom. The maximum atomic E-state index is 4.59. The molecule has 0 aliphatic carbocycles. The zero-order chi connectivity index (χ0) is 11.7.